The summed E-state index contributed by atoms with van der Waals surface area (Å²) in [6.07, 6.45) is 0.244. The van der Waals surface area contributed by atoms with Crippen molar-refractivity contribution in [2.75, 3.05) is 13.7 Å². The van der Waals surface area contributed by atoms with Crippen molar-refractivity contribution >= 4 is 0 Å². The Morgan fingerprint density at radius 2 is 1.93 bits per heavy atom. The fourth-order valence-electron chi connectivity index (χ4n) is 1.83. The summed E-state index contributed by atoms with van der Waals surface area (Å²) >= 11 is 0. The highest BCUT2D eigenvalue weighted by atomic mass is 16.5. The van der Waals surface area contributed by atoms with Gasteiger partial charge in [-0.3, -0.25) is 0 Å². The van der Waals surface area contributed by atoms with E-state index in [-0.39, 0.29) is 11.5 Å². The van der Waals surface area contributed by atoms with Crippen molar-refractivity contribution in [3.05, 3.63) is 29.8 Å². The Morgan fingerprint density at radius 1 is 1.29 bits per heavy atom. The van der Waals surface area contributed by atoms with Crippen molar-refractivity contribution in [2.24, 2.45) is 5.41 Å². The molecule has 0 amide bonds. The first-order valence-electron chi connectivity index (χ1n) is 4.89. The number of benzene rings is 1. The first-order chi connectivity index (χ1) is 6.63. The van der Waals surface area contributed by atoms with Gasteiger partial charge in [-0.2, -0.15) is 0 Å². The molecule has 14 heavy (non-hydrogen) atoms. The van der Waals surface area contributed by atoms with Gasteiger partial charge in [0.15, 0.2) is 0 Å². The second-order valence-corrected chi connectivity index (χ2v) is 4.45. The normalized spacial score (nSPS) is 24.1. The van der Waals surface area contributed by atoms with Crippen LogP contribution in [0.3, 0.4) is 0 Å². The maximum absolute atomic E-state index is 5.56. The van der Waals surface area contributed by atoms with Gasteiger partial charge in [0.05, 0.1) is 19.8 Å². The molecule has 76 valence electrons. The van der Waals surface area contributed by atoms with E-state index in [1.165, 1.54) is 5.56 Å². The van der Waals surface area contributed by atoms with Gasteiger partial charge < -0.3 is 9.47 Å². The van der Waals surface area contributed by atoms with Gasteiger partial charge in [-0.15, -0.1) is 0 Å². The summed E-state index contributed by atoms with van der Waals surface area (Å²) in [5.41, 5.74) is 1.51. The van der Waals surface area contributed by atoms with Crippen LogP contribution in [0.25, 0.3) is 0 Å². The van der Waals surface area contributed by atoms with Crippen LogP contribution in [0.15, 0.2) is 24.3 Å². The Balaban J connectivity index is 2.17. The lowest BCUT2D eigenvalue weighted by Crippen LogP contribution is -2.40. The molecule has 0 radical (unpaired) electrons. The molecule has 1 saturated heterocycles. The number of methoxy groups -OCH3 is 1. The molecule has 1 aliphatic heterocycles. The Kier molecular flexibility index (Phi) is 2.23. The summed E-state index contributed by atoms with van der Waals surface area (Å²) in [4.78, 5) is 0. The summed E-state index contributed by atoms with van der Waals surface area (Å²) in [5.74, 6) is 0.894. The van der Waals surface area contributed by atoms with Gasteiger partial charge >= 0.3 is 0 Å². The molecule has 2 heteroatoms. The van der Waals surface area contributed by atoms with Crippen LogP contribution in [-0.4, -0.2) is 13.7 Å². The summed E-state index contributed by atoms with van der Waals surface area (Å²) < 4.78 is 10.7. The predicted molar refractivity (Wildman–Crippen MR) is 55.5 cm³/mol. The molecule has 0 aromatic heterocycles. The van der Waals surface area contributed by atoms with Crippen molar-refractivity contribution in [2.45, 2.75) is 20.0 Å². The summed E-state index contributed by atoms with van der Waals surface area (Å²) in [7, 11) is 1.68. The van der Waals surface area contributed by atoms with E-state index >= 15 is 0 Å². The standard InChI is InChI=1S/C12H16O2/c1-12(2)8-14-11(12)9-4-6-10(13-3)7-5-9/h4-7,11H,8H2,1-3H3/t11-/m1/s1. The Hall–Kier alpha value is -1.02. The average Bonchev–Trinajstić information content (AvgIpc) is 2.18. The van der Waals surface area contributed by atoms with Crippen molar-refractivity contribution in [3.63, 3.8) is 0 Å². The molecule has 0 aliphatic carbocycles. The molecule has 1 aromatic rings. The van der Waals surface area contributed by atoms with E-state index in [0.717, 1.165) is 12.4 Å². The average molecular weight is 192 g/mol. The van der Waals surface area contributed by atoms with E-state index in [1.807, 2.05) is 12.1 Å². The van der Waals surface area contributed by atoms with Crippen LogP contribution in [0.5, 0.6) is 5.75 Å². The first kappa shape index (κ1) is 9.53. The molecule has 1 fully saturated rings. The molecule has 0 unspecified atom stereocenters. The van der Waals surface area contributed by atoms with Crippen LogP contribution in [0.4, 0.5) is 0 Å². The van der Waals surface area contributed by atoms with E-state index < -0.39 is 0 Å². The maximum atomic E-state index is 5.56. The highest BCUT2D eigenvalue weighted by molar-refractivity contribution is 5.30. The lowest BCUT2D eigenvalue weighted by atomic mass is 9.79. The fourth-order valence-corrected chi connectivity index (χ4v) is 1.83. The van der Waals surface area contributed by atoms with Gasteiger partial charge in [0.1, 0.15) is 5.75 Å². The monoisotopic (exact) mass is 192 g/mol. The van der Waals surface area contributed by atoms with E-state index in [9.17, 15) is 0 Å². The summed E-state index contributed by atoms with van der Waals surface area (Å²) in [6, 6.07) is 8.11. The highest BCUT2D eigenvalue weighted by Crippen LogP contribution is 2.45. The molecule has 1 atom stereocenters. The third-order valence-electron chi connectivity index (χ3n) is 2.75. The molecule has 2 rings (SSSR count). The van der Waals surface area contributed by atoms with Gasteiger partial charge in [-0.05, 0) is 17.7 Å². The van der Waals surface area contributed by atoms with Crippen LogP contribution in [-0.2, 0) is 4.74 Å². The van der Waals surface area contributed by atoms with Crippen molar-refractivity contribution < 1.29 is 9.47 Å². The Morgan fingerprint density at radius 3 is 2.29 bits per heavy atom. The lowest BCUT2D eigenvalue weighted by molar-refractivity contribution is -0.172. The topological polar surface area (TPSA) is 18.5 Å². The highest BCUT2D eigenvalue weighted by Gasteiger charge is 2.40. The first-order valence-corrected chi connectivity index (χ1v) is 4.89. The smallest absolute Gasteiger partial charge is 0.118 e. The number of hydrogen-bond acceptors (Lipinski definition) is 2. The number of hydrogen-bond donors (Lipinski definition) is 0. The molecular formula is C12H16O2. The largest absolute Gasteiger partial charge is 0.497 e. The Labute approximate surface area is 84.8 Å². The van der Waals surface area contributed by atoms with Gasteiger partial charge in [-0.25, -0.2) is 0 Å². The van der Waals surface area contributed by atoms with Crippen LogP contribution in [0.1, 0.15) is 25.5 Å². The molecule has 0 saturated carbocycles. The van der Waals surface area contributed by atoms with Crippen LogP contribution in [0, 0.1) is 5.41 Å². The van der Waals surface area contributed by atoms with E-state index in [2.05, 4.69) is 26.0 Å². The summed E-state index contributed by atoms with van der Waals surface area (Å²) in [6.45, 7) is 5.31. The van der Waals surface area contributed by atoms with E-state index in [4.69, 9.17) is 9.47 Å². The van der Waals surface area contributed by atoms with Crippen molar-refractivity contribution in [3.8, 4) is 5.75 Å². The molecule has 1 aliphatic rings. The maximum Gasteiger partial charge on any atom is 0.118 e. The van der Waals surface area contributed by atoms with Crippen LogP contribution >= 0.6 is 0 Å². The van der Waals surface area contributed by atoms with Gasteiger partial charge in [-0.1, -0.05) is 26.0 Å². The second kappa shape index (κ2) is 3.28. The third kappa shape index (κ3) is 1.50. The van der Waals surface area contributed by atoms with Gasteiger partial charge in [0.2, 0.25) is 0 Å². The van der Waals surface area contributed by atoms with Crippen LogP contribution in [0.2, 0.25) is 0 Å². The molecule has 2 nitrogen and oxygen atoms in total. The minimum absolute atomic E-state index is 0.244. The van der Waals surface area contributed by atoms with Gasteiger partial charge in [0.25, 0.3) is 0 Å². The van der Waals surface area contributed by atoms with Crippen molar-refractivity contribution in [1.82, 2.24) is 0 Å². The molecular weight excluding hydrogens is 176 g/mol. The minimum Gasteiger partial charge on any atom is -0.497 e. The molecule has 0 N–H and O–H groups in total. The molecule has 1 heterocycles. The van der Waals surface area contributed by atoms with Crippen molar-refractivity contribution in [1.29, 1.82) is 0 Å². The van der Waals surface area contributed by atoms with Gasteiger partial charge in [0, 0.05) is 5.41 Å². The molecule has 0 bridgehead atoms. The number of rotatable bonds is 2. The SMILES string of the molecule is COc1ccc([C@H]2OCC2(C)C)cc1. The molecule has 1 aromatic carbocycles. The zero-order valence-electron chi connectivity index (χ0n) is 8.91. The second-order valence-electron chi connectivity index (χ2n) is 4.45. The summed E-state index contributed by atoms with van der Waals surface area (Å²) in [5, 5.41) is 0. The quantitative estimate of drug-likeness (QED) is 0.717. The zero-order chi connectivity index (χ0) is 10.2. The fraction of sp³-hybridized carbons (Fsp3) is 0.500. The van der Waals surface area contributed by atoms with E-state index in [0.29, 0.717) is 0 Å². The molecule has 0 spiro atoms. The Bertz CT molecular complexity index is 314. The number of ether oxygens (including phenoxy) is 2. The third-order valence-corrected chi connectivity index (χ3v) is 2.75. The lowest BCUT2D eigenvalue weighted by Gasteiger charge is -2.44. The van der Waals surface area contributed by atoms with E-state index in [1.54, 1.807) is 7.11 Å². The zero-order valence-corrected chi connectivity index (χ0v) is 8.91. The minimum atomic E-state index is 0.244. The predicted octanol–water partition coefficient (Wildman–Crippen LogP) is 2.79. The van der Waals surface area contributed by atoms with Crippen LogP contribution < -0.4 is 4.74 Å².